The molecule has 118 valence electrons. The van der Waals surface area contributed by atoms with Gasteiger partial charge in [0, 0.05) is 17.4 Å². The van der Waals surface area contributed by atoms with E-state index in [1.807, 2.05) is 26.0 Å². The van der Waals surface area contributed by atoms with Gasteiger partial charge in [0.05, 0.1) is 18.3 Å². The SMILES string of the molecule is C[C@H]1CO[C@]2(C1)OC(=O)c1c2ccc2c1CC[C@H](O)C2(C)C. The van der Waals surface area contributed by atoms with Crippen LogP contribution in [0.3, 0.4) is 0 Å². The zero-order valence-electron chi connectivity index (χ0n) is 13.3. The molecule has 4 nitrogen and oxygen atoms in total. The molecule has 1 aromatic rings. The summed E-state index contributed by atoms with van der Waals surface area (Å²) in [7, 11) is 0. The maximum Gasteiger partial charge on any atom is 0.341 e. The van der Waals surface area contributed by atoms with Crippen LogP contribution in [0.1, 0.15) is 60.7 Å². The highest BCUT2D eigenvalue weighted by molar-refractivity contribution is 5.96. The van der Waals surface area contributed by atoms with E-state index in [9.17, 15) is 9.90 Å². The van der Waals surface area contributed by atoms with E-state index in [-0.39, 0.29) is 17.5 Å². The number of esters is 1. The molecule has 3 atom stereocenters. The van der Waals surface area contributed by atoms with Crippen molar-refractivity contribution in [3.8, 4) is 0 Å². The van der Waals surface area contributed by atoms with E-state index < -0.39 is 5.79 Å². The standard InChI is InChI=1S/C18H22O4/c1-10-8-18(21-9-10)13-6-5-12-11(15(13)16(20)22-18)4-7-14(19)17(12,2)3/h5-6,10,14,19H,4,7-9H2,1-3H3/t10-,14+,18-/m1/s1. The van der Waals surface area contributed by atoms with Crippen molar-refractivity contribution < 1.29 is 19.4 Å². The van der Waals surface area contributed by atoms with E-state index in [0.29, 0.717) is 30.9 Å². The van der Waals surface area contributed by atoms with Crippen molar-refractivity contribution in [2.45, 2.75) is 57.3 Å². The van der Waals surface area contributed by atoms with E-state index in [1.165, 1.54) is 0 Å². The van der Waals surface area contributed by atoms with E-state index in [2.05, 4.69) is 6.92 Å². The van der Waals surface area contributed by atoms with Gasteiger partial charge in [-0.15, -0.1) is 0 Å². The molecule has 0 unspecified atom stereocenters. The molecule has 0 bridgehead atoms. The Labute approximate surface area is 130 Å². The summed E-state index contributed by atoms with van der Waals surface area (Å²) in [5, 5.41) is 10.3. The van der Waals surface area contributed by atoms with E-state index in [0.717, 1.165) is 23.1 Å². The number of carbonyl (C=O) groups excluding carboxylic acids is 1. The van der Waals surface area contributed by atoms with Crippen LogP contribution in [0.25, 0.3) is 0 Å². The molecule has 1 spiro atoms. The highest BCUT2D eigenvalue weighted by atomic mass is 16.7. The number of carbonyl (C=O) groups is 1. The predicted octanol–water partition coefficient (Wildman–Crippen LogP) is 2.65. The summed E-state index contributed by atoms with van der Waals surface area (Å²) in [6, 6.07) is 4.02. The third-order valence-corrected chi connectivity index (χ3v) is 5.60. The summed E-state index contributed by atoms with van der Waals surface area (Å²) in [4.78, 5) is 12.5. The highest BCUT2D eigenvalue weighted by Gasteiger charge is 2.53. The lowest BCUT2D eigenvalue weighted by atomic mass is 9.69. The molecule has 0 saturated carbocycles. The second-order valence-corrected chi connectivity index (χ2v) is 7.55. The van der Waals surface area contributed by atoms with Crippen molar-refractivity contribution in [2.75, 3.05) is 6.61 Å². The summed E-state index contributed by atoms with van der Waals surface area (Å²) < 4.78 is 11.6. The van der Waals surface area contributed by atoms with Gasteiger partial charge in [-0.1, -0.05) is 32.9 Å². The number of aliphatic hydroxyl groups excluding tert-OH is 1. The predicted molar refractivity (Wildman–Crippen MR) is 80.6 cm³/mol. The molecule has 3 aliphatic rings. The molecule has 1 aromatic carbocycles. The lowest BCUT2D eigenvalue weighted by Gasteiger charge is -2.38. The molecule has 0 amide bonds. The third kappa shape index (κ3) is 1.68. The number of ether oxygens (including phenoxy) is 2. The molecule has 0 aromatic heterocycles. The Morgan fingerprint density at radius 2 is 2.00 bits per heavy atom. The normalized spacial score (nSPS) is 35.4. The molecule has 22 heavy (non-hydrogen) atoms. The summed E-state index contributed by atoms with van der Waals surface area (Å²) in [6.45, 7) is 6.80. The fourth-order valence-corrected chi connectivity index (χ4v) is 4.25. The fourth-order valence-electron chi connectivity index (χ4n) is 4.25. The Morgan fingerprint density at radius 1 is 1.27 bits per heavy atom. The summed E-state index contributed by atoms with van der Waals surface area (Å²) in [6.07, 6.45) is 1.72. The fraction of sp³-hybridized carbons (Fsp3) is 0.611. The van der Waals surface area contributed by atoms with Gasteiger partial charge in [-0.25, -0.2) is 4.79 Å². The van der Waals surface area contributed by atoms with E-state index in [4.69, 9.17) is 9.47 Å². The number of rotatable bonds is 0. The number of aliphatic hydroxyl groups is 1. The van der Waals surface area contributed by atoms with Crippen molar-refractivity contribution in [3.63, 3.8) is 0 Å². The minimum absolute atomic E-state index is 0.270. The van der Waals surface area contributed by atoms with Gasteiger partial charge in [0.15, 0.2) is 0 Å². The van der Waals surface area contributed by atoms with Crippen LogP contribution < -0.4 is 0 Å². The van der Waals surface area contributed by atoms with Crippen LogP contribution in [-0.2, 0) is 27.1 Å². The van der Waals surface area contributed by atoms with Gasteiger partial charge in [-0.3, -0.25) is 0 Å². The lowest BCUT2D eigenvalue weighted by Crippen LogP contribution is -2.39. The van der Waals surface area contributed by atoms with Crippen LogP contribution >= 0.6 is 0 Å². The van der Waals surface area contributed by atoms with Crippen molar-refractivity contribution in [1.29, 1.82) is 0 Å². The molecular weight excluding hydrogens is 280 g/mol. The van der Waals surface area contributed by atoms with Crippen molar-refractivity contribution >= 4 is 5.97 Å². The van der Waals surface area contributed by atoms with Crippen LogP contribution in [0, 0.1) is 5.92 Å². The average molecular weight is 302 g/mol. The topological polar surface area (TPSA) is 55.8 Å². The summed E-state index contributed by atoms with van der Waals surface area (Å²) in [5.74, 6) is -0.762. The number of hydrogen-bond acceptors (Lipinski definition) is 4. The Hall–Kier alpha value is -1.39. The molecule has 1 aliphatic carbocycles. The van der Waals surface area contributed by atoms with Gasteiger partial charge in [0.2, 0.25) is 5.79 Å². The first-order chi connectivity index (χ1) is 10.3. The van der Waals surface area contributed by atoms with Gasteiger partial charge >= 0.3 is 5.97 Å². The zero-order valence-corrected chi connectivity index (χ0v) is 13.3. The summed E-state index contributed by atoms with van der Waals surface area (Å²) >= 11 is 0. The molecule has 1 N–H and O–H groups in total. The molecule has 1 saturated heterocycles. The molecule has 0 radical (unpaired) electrons. The average Bonchev–Trinajstić information content (AvgIpc) is 2.96. The van der Waals surface area contributed by atoms with Crippen LogP contribution in [0.5, 0.6) is 0 Å². The molecule has 2 heterocycles. The quantitative estimate of drug-likeness (QED) is 0.749. The lowest BCUT2D eigenvalue weighted by molar-refractivity contribution is -0.172. The van der Waals surface area contributed by atoms with E-state index in [1.54, 1.807) is 0 Å². The minimum Gasteiger partial charge on any atom is -0.425 e. The minimum atomic E-state index is -0.874. The highest BCUT2D eigenvalue weighted by Crippen LogP contribution is 2.50. The second-order valence-electron chi connectivity index (χ2n) is 7.55. The Morgan fingerprint density at radius 3 is 2.68 bits per heavy atom. The van der Waals surface area contributed by atoms with Crippen LogP contribution in [0.4, 0.5) is 0 Å². The van der Waals surface area contributed by atoms with Gasteiger partial charge in [0.25, 0.3) is 0 Å². The van der Waals surface area contributed by atoms with Gasteiger partial charge in [-0.05, 0) is 29.9 Å². The summed E-state index contributed by atoms with van der Waals surface area (Å²) in [5.41, 5.74) is 3.32. The first kappa shape index (κ1) is 14.2. The second kappa shape index (κ2) is 4.33. The monoisotopic (exact) mass is 302 g/mol. The van der Waals surface area contributed by atoms with Gasteiger partial charge < -0.3 is 14.6 Å². The maximum atomic E-state index is 12.5. The maximum absolute atomic E-state index is 12.5. The molecule has 4 heteroatoms. The smallest absolute Gasteiger partial charge is 0.341 e. The van der Waals surface area contributed by atoms with Crippen LogP contribution in [0.2, 0.25) is 0 Å². The molecule has 1 fully saturated rings. The first-order valence-corrected chi connectivity index (χ1v) is 8.07. The third-order valence-electron chi connectivity index (χ3n) is 5.60. The van der Waals surface area contributed by atoms with Gasteiger partial charge in [-0.2, -0.15) is 0 Å². The Balaban J connectivity index is 1.90. The molecule has 4 rings (SSSR count). The largest absolute Gasteiger partial charge is 0.425 e. The van der Waals surface area contributed by atoms with Gasteiger partial charge in [0.1, 0.15) is 0 Å². The number of benzene rings is 1. The zero-order chi connectivity index (χ0) is 15.7. The number of fused-ring (bicyclic) bond motifs is 4. The molecular formula is C18H22O4. The Bertz CT molecular complexity index is 663. The number of hydrogen-bond donors (Lipinski definition) is 1. The Kier molecular flexibility index (Phi) is 2.80. The molecule has 2 aliphatic heterocycles. The van der Waals surface area contributed by atoms with E-state index >= 15 is 0 Å². The van der Waals surface area contributed by atoms with Crippen LogP contribution in [-0.4, -0.2) is 23.8 Å². The van der Waals surface area contributed by atoms with Crippen molar-refractivity contribution in [2.24, 2.45) is 5.92 Å². The van der Waals surface area contributed by atoms with Crippen LogP contribution in [0.15, 0.2) is 12.1 Å². The first-order valence-electron chi connectivity index (χ1n) is 8.07. The van der Waals surface area contributed by atoms with Crippen molar-refractivity contribution in [1.82, 2.24) is 0 Å². The van der Waals surface area contributed by atoms with Crippen molar-refractivity contribution in [3.05, 3.63) is 34.4 Å².